The van der Waals surface area contributed by atoms with E-state index in [9.17, 15) is 9.59 Å². The van der Waals surface area contributed by atoms with E-state index in [1.165, 1.54) is 12.8 Å². The van der Waals surface area contributed by atoms with Crippen LogP contribution in [0, 0.1) is 5.92 Å². The highest BCUT2D eigenvalue weighted by Gasteiger charge is 2.38. The summed E-state index contributed by atoms with van der Waals surface area (Å²) in [5.74, 6) is 0.547. The Kier molecular flexibility index (Phi) is 8.75. The van der Waals surface area contributed by atoms with Crippen LogP contribution in [0.3, 0.4) is 0 Å². The third kappa shape index (κ3) is 6.18. The van der Waals surface area contributed by atoms with Crippen LogP contribution in [0.5, 0.6) is 0 Å². The van der Waals surface area contributed by atoms with Crippen molar-refractivity contribution in [1.29, 1.82) is 0 Å². The molecule has 28 heavy (non-hydrogen) atoms. The molecule has 0 radical (unpaired) electrons. The Bertz CT molecular complexity index is 517. The van der Waals surface area contributed by atoms with Crippen molar-refractivity contribution in [2.24, 2.45) is 5.92 Å². The molecule has 162 valence electrons. The van der Waals surface area contributed by atoms with E-state index in [0.717, 1.165) is 38.9 Å². The number of hydrogen-bond acceptors (Lipinski definition) is 4. The number of amides is 2. The maximum atomic E-state index is 13.0. The van der Waals surface area contributed by atoms with Gasteiger partial charge in [-0.15, -0.1) is 0 Å². The average Bonchev–Trinajstić information content (AvgIpc) is 3.25. The van der Waals surface area contributed by atoms with E-state index in [4.69, 9.17) is 0 Å². The van der Waals surface area contributed by atoms with Crippen LogP contribution in [0.4, 0.5) is 0 Å². The first-order chi connectivity index (χ1) is 13.2. The zero-order valence-electron chi connectivity index (χ0n) is 18.8. The zero-order chi connectivity index (χ0) is 20.8. The van der Waals surface area contributed by atoms with Gasteiger partial charge in [0.2, 0.25) is 11.8 Å². The summed E-state index contributed by atoms with van der Waals surface area (Å²) in [7, 11) is 0. The molecular formula is C22H42N4O2. The highest BCUT2D eigenvalue weighted by atomic mass is 16.2. The Balaban J connectivity index is 2.04. The molecule has 2 aliphatic rings. The molecule has 0 saturated carbocycles. The quantitative estimate of drug-likeness (QED) is 0.630. The molecule has 4 unspecified atom stereocenters. The van der Waals surface area contributed by atoms with Crippen molar-refractivity contribution in [2.75, 3.05) is 19.6 Å². The van der Waals surface area contributed by atoms with E-state index in [-0.39, 0.29) is 41.9 Å². The number of hydrogen-bond donors (Lipinski definition) is 2. The minimum atomic E-state index is -0.114. The second-order valence-corrected chi connectivity index (χ2v) is 9.44. The van der Waals surface area contributed by atoms with Crippen LogP contribution in [-0.2, 0) is 9.59 Å². The van der Waals surface area contributed by atoms with Crippen molar-refractivity contribution in [3.05, 3.63) is 0 Å². The molecule has 0 aromatic carbocycles. The maximum Gasteiger partial charge on any atom is 0.237 e. The Hall–Kier alpha value is -1.14. The third-order valence-electron chi connectivity index (χ3n) is 6.15. The van der Waals surface area contributed by atoms with Gasteiger partial charge in [-0.1, -0.05) is 6.92 Å². The molecular weight excluding hydrogens is 352 g/mol. The molecule has 2 amide bonds. The molecule has 0 spiro atoms. The molecule has 2 rings (SSSR count). The van der Waals surface area contributed by atoms with Gasteiger partial charge < -0.3 is 10.6 Å². The van der Waals surface area contributed by atoms with Crippen molar-refractivity contribution in [2.45, 2.75) is 104 Å². The number of carbonyl (C=O) groups is 2. The summed E-state index contributed by atoms with van der Waals surface area (Å²) < 4.78 is 0. The largest absolute Gasteiger partial charge is 0.353 e. The lowest BCUT2D eigenvalue weighted by Crippen LogP contribution is -2.53. The minimum absolute atomic E-state index is 0.0628. The lowest BCUT2D eigenvalue weighted by atomic mass is 9.90. The normalized spacial score (nSPS) is 24.5. The Morgan fingerprint density at radius 3 is 2.00 bits per heavy atom. The SMILES string of the molecule is CC(C)NC(=O)C(C(C)CC1CCCN1C(C)C(=O)NC(C)C)N1CCCC1. The van der Waals surface area contributed by atoms with Gasteiger partial charge >= 0.3 is 0 Å². The lowest BCUT2D eigenvalue weighted by Gasteiger charge is -2.36. The van der Waals surface area contributed by atoms with Crippen LogP contribution in [0.25, 0.3) is 0 Å². The third-order valence-corrected chi connectivity index (χ3v) is 6.15. The van der Waals surface area contributed by atoms with Crippen LogP contribution in [0.1, 0.15) is 73.6 Å². The second-order valence-electron chi connectivity index (χ2n) is 9.44. The fourth-order valence-corrected chi connectivity index (χ4v) is 4.91. The van der Waals surface area contributed by atoms with Crippen LogP contribution in [0.15, 0.2) is 0 Å². The molecule has 0 aliphatic carbocycles. The summed E-state index contributed by atoms with van der Waals surface area (Å²) in [4.78, 5) is 30.2. The van der Waals surface area contributed by atoms with E-state index in [1.807, 2.05) is 34.6 Å². The van der Waals surface area contributed by atoms with E-state index < -0.39 is 0 Å². The van der Waals surface area contributed by atoms with Crippen LogP contribution >= 0.6 is 0 Å². The number of likely N-dealkylation sites (tertiary alicyclic amines) is 2. The Morgan fingerprint density at radius 1 is 0.857 bits per heavy atom. The van der Waals surface area contributed by atoms with Crippen LogP contribution in [0.2, 0.25) is 0 Å². The highest BCUT2D eigenvalue weighted by molar-refractivity contribution is 5.82. The molecule has 6 heteroatoms. The number of nitrogens with one attached hydrogen (secondary N) is 2. The van der Waals surface area contributed by atoms with Gasteiger partial charge in [-0.25, -0.2) is 0 Å². The number of rotatable bonds is 9. The van der Waals surface area contributed by atoms with Crippen LogP contribution < -0.4 is 10.6 Å². The summed E-state index contributed by atoms with van der Waals surface area (Å²) in [6.07, 6.45) is 5.57. The summed E-state index contributed by atoms with van der Waals surface area (Å²) in [5.41, 5.74) is 0. The molecule has 0 bridgehead atoms. The van der Waals surface area contributed by atoms with Gasteiger partial charge in [0.25, 0.3) is 0 Å². The van der Waals surface area contributed by atoms with Gasteiger partial charge in [0.15, 0.2) is 0 Å². The van der Waals surface area contributed by atoms with Gasteiger partial charge in [0.1, 0.15) is 0 Å². The highest BCUT2D eigenvalue weighted by Crippen LogP contribution is 2.29. The summed E-state index contributed by atoms with van der Waals surface area (Å²) >= 11 is 0. The zero-order valence-corrected chi connectivity index (χ0v) is 18.8. The predicted octanol–water partition coefficient (Wildman–Crippen LogP) is 2.38. The van der Waals surface area contributed by atoms with Gasteiger partial charge in [-0.05, 0) is 92.3 Å². The summed E-state index contributed by atoms with van der Waals surface area (Å²) in [6.45, 7) is 15.3. The second kappa shape index (κ2) is 10.6. The monoisotopic (exact) mass is 394 g/mol. The van der Waals surface area contributed by atoms with Crippen molar-refractivity contribution in [3.63, 3.8) is 0 Å². The van der Waals surface area contributed by atoms with E-state index in [2.05, 4.69) is 27.4 Å². The molecule has 2 saturated heterocycles. The Morgan fingerprint density at radius 2 is 1.43 bits per heavy atom. The molecule has 6 nitrogen and oxygen atoms in total. The first kappa shape index (κ1) is 23.1. The van der Waals surface area contributed by atoms with E-state index in [1.54, 1.807) is 0 Å². The van der Waals surface area contributed by atoms with Crippen molar-refractivity contribution in [1.82, 2.24) is 20.4 Å². The van der Waals surface area contributed by atoms with Crippen molar-refractivity contribution < 1.29 is 9.59 Å². The van der Waals surface area contributed by atoms with Gasteiger partial charge in [-0.3, -0.25) is 19.4 Å². The molecule has 0 aromatic heterocycles. The summed E-state index contributed by atoms with van der Waals surface area (Å²) in [5, 5.41) is 6.19. The maximum absolute atomic E-state index is 13.0. The predicted molar refractivity (Wildman–Crippen MR) is 114 cm³/mol. The molecule has 2 heterocycles. The Labute approximate surface area is 171 Å². The number of nitrogens with zero attached hydrogens (tertiary/aromatic N) is 2. The standard InChI is InChI=1S/C22H42N4O2/c1-15(2)23-21(27)18(6)26-13-9-10-19(26)14-17(5)20(22(28)24-16(3)4)25-11-7-8-12-25/h15-20H,7-14H2,1-6H3,(H,23,27)(H,24,28). The first-order valence-corrected chi connectivity index (χ1v) is 11.3. The summed E-state index contributed by atoms with van der Waals surface area (Å²) in [6, 6.07) is 0.519. The first-order valence-electron chi connectivity index (χ1n) is 11.3. The topological polar surface area (TPSA) is 64.7 Å². The molecule has 2 N–H and O–H groups in total. The fraction of sp³-hybridized carbons (Fsp3) is 0.909. The fourth-order valence-electron chi connectivity index (χ4n) is 4.91. The van der Waals surface area contributed by atoms with E-state index >= 15 is 0 Å². The molecule has 4 atom stereocenters. The molecule has 2 fully saturated rings. The van der Waals surface area contributed by atoms with E-state index in [0.29, 0.717) is 6.04 Å². The lowest BCUT2D eigenvalue weighted by molar-refractivity contribution is -0.129. The van der Waals surface area contributed by atoms with Gasteiger partial charge in [0.05, 0.1) is 12.1 Å². The minimum Gasteiger partial charge on any atom is -0.353 e. The van der Waals surface area contributed by atoms with Gasteiger partial charge in [-0.2, -0.15) is 0 Å². The van der Waals surface area contributed by atoms with Gasteiger partial charge in [0, 0.05) is 18.1 Å². The van der Waals surface area contributed by atoms with Crippen molar-refractivity contribution >= 4 is 11.8 Å². The molecule has 2 aliphatic heterocycles. The molecule has 0 aromatic rings. The smallest absolute Gasteiger partial charge is 0.237 e. The number of carbonyl (C=O) groups excluding carboxylic acids is 2. The van der Waals surface area contributed by atoms with Crippen molar-refractivity contribution in [3.8, 4) is 0 Å². The average molecular weight is 395 g/mol. The van der Waals surface area contributed by atoms with Crippen LogP contribution in [-0.4, -0.2) is 71.5 Å².